The normalized spacial score (nSPS) is 19.7. The van der Waals surface area contributed by atoms with Gasteiger partial charge in [0.25, 0.3) is 5.56 Å². The van der Waals surface area contributed by atoms with Crippen molar-refractivity contribution in [3.63, 3.8) is 0 Å². The van der Waals surface area contributed by atoms with E-state index >= 15 is 0 Å². The number of rotatable bonds is 5. The summed E-state index contributed by atoms with van der Waals surface area (Å²) >= 11 is 6.41. The van der Waals surface area contributed by atoms with Gasteiger partial charge in [0.2, 0.25) is 5.95 Å². The number of nitrogens with one attached hydrogen (secondary N) is 1. The van der Waals surface area contributed by atoms with Crippen LogP contribution in [0.25, 0.3) is 16.8 Å². The van der Waals surface area contributed by atoms with Gasteiger partial charge in [0, 0.05) is 24.4 Å². The van der Waals surface area contributed by atoms with E-state index in [1.54, 1.807) is 40.0 Å². The highest BCUT2D eigenvalue weighted by Gasteiger charge is 2.25. The molecule has 1 saturated heterocycles. The Balaban J connectivity index is 1.65. The van der Waals surface area contributed by atoms with Crippen LogP contribution < -0.4 is 10.9 Å². The smallest absolute Gasteiger partial charge is 0.329 e. The monoisotopic (exact) mass is 488 g/mol. The van der Waals surface area contributed by atoms with E-state index in [-0.39, 0.29) is 17.1 Å². The first kappa shape index (κ1) is 24.2. The molecule has 0 saturated carbocycles. The summed E-state index contributed by atoms with van der Waals surface area (Å²) in [6, 6.07) is 1.02. The van der Waals surface area contributed by atoms with Crippen LogP contribution >= 0.6 is 11.6 Å². The Morgan fingerprint density at radius 3 is 2.85 bits per heavy atom. The van der Waals surface area contributed by atoms with E-state index in [4.69, 9.17) is 21.1 Å². The van der Waals surface area contributed by atoms with Gasteiger partial charge in [-0.2, -0.15) is 5.10 Å². The van der Waals surface area contributed by atoms with Crippen molar-refractivity contribution in [2.24, 2.45) is 5.92 Å². The quantitative estimate of drug-likeness (QED) is 0.544. The number of ether oxygens (including phenoxy) is 2. The van der Waals surface area contributed by atoms with Gasteiger partial charge >= 0.3 is 5.97 Å². The summed E-state index contributed by atoms with van der Waals surface area (Å²) in [4.78, 5) is 34.5. The Morgan fingerprint density at radius 2 is 2.15 bits per heavy atom. The first-order chi connectivity index (χ1) is 16.0. The zero-order valence-electron chi connectivity index (χ0n) is 19.9. The van der Waals surface area contributed by atoms with Crippen molar-refractivity contribution in [2.45, 2.75) is 58.7 Å². The Hall–Kier alpha value is -2.98. The minimum absolute atomic E-state index is 0.194. The van der Waals surface area contributed by atoms with Crippen LogP contribution in [-0.4, -0.2) is 55.0 Å². The zero-order valence-corrected chi connectivity index (χ0v) is 20.7. The molecule has 3 aromatic heterocycles. The fourth-order valence-electron chi connectivity index (χ4n) is 3.81. The maximum Gasteiger partial charge on any atom is 0.329 e. The highest BCUT2D eigenvalue weighted by atomic mass is 35.5. The second-order valence-electron chi connectivity index (χ2n) is 9.59. The molecule has 3 aromatic rings. The molecule has 1 aliphatic heterocycles. The van der Waals surface area contributed by atoms with Crippen molar-refractivity contribution < 1.29 is 14.3 Å². The Kier molecular flexibility index (Phi) is 6.64. The number of carbonyl (C=O) groups is 1. The van der Waals surface area contributed by atoms with E-state index in [0.717, 1.165) is 6.42 Å². The lowest BCUT2D eigenvalue weighted by Crippen LogP contribution is -2.36. The molecule has 4 rings (SSSR count). The molecule has 11 heteroatoms. The molecule has 0 aliphatic carbocycles. The molecule has 1 N–H and O–H groups in total. The number of halogens is 1. The van der Waals surface area contributed by atoms with Crippen LogP contribution in [0.1, 0.15) is 47.1 Å². The number of esters is 1. The van der Waals surface area contributed by atoms with E-state index in [0.29, 0.717) is 41.4 Å². The van der Waals surface area contributed by atoms with E-state index in [1.807, 2.05) is 0 Å². The van der Waals surface area contributed by atoms with Crippen LogP contribution in [0.2, 0.25) is 5.02 Å². The molecule has 182 valence electrons. The Labute approximate surface area is 202 Å². The summed E-state index contributed by atoms with van der Waals surface area (Å²) in [7, 11) is 0. The van der Waals surface area contributed by atoms with Crippen LogP contribution in [0.15, 0.2) is 29.6 Å². The summed E-state index contributed by atoms with van der Waals surface area (Å²) in [6.45, 7) is 10.4. The number of anilines is 1. The number of aromatic nitrogens is 5. The van der Waals surface area contributed by atoms with E-state index in [1.165, 1.54) is 21.6 Å². The molecule has 1 unspecified atom stereocenters. The van der Waals surface area contributed by atoms with Crippen LogP contribution in [0.3, 0.4) is 0 Å². The van der Waals surface area contributed by atoms with Gasteiger partial charge in [-0.3, -0.25) is 9.36 Å². The van der Waals surface area contributed by atoms with Crippen molar-refractivity contribution in [2.75, 3.05) is 18.5 Å². The topological polar surface area (TPSA) is 113 Å². The van der Waals surface area contributed by atoms with Gasteiger partial charge in [-0.1, -0.05) is 18.5 Å². The minimum Gasteiger partial charge on any atom is -0.458 e. The summed E-state index contributed by atoms with van der Waals surface area (Å²) < 4.78 is 13.6. The lowest BCUT2D eigenvalue weighted by Gasteiger charge is -2.29. The predicted molar refractivity (Wildman–Crippen MR) is 128 cm³/mol. The maximum absolute atomic E-state index is 13.1. The van der Waals surface area contributed by atoms with Crippen LogP contribution in [0.4, 0.5) is 5.95 Å². The van der Waals surface area contributed by atoms with Gasteiger partial charge in [0.15, 0.2) is 0 Å². The Morgan fingerprint density at radius 1 is 1.38 bits per heavy atom. The van der Waals surface area contributed by atoms with Gasteiger partial charge < -0.3 is 14.8 Å². The molecule has 4 heterocycles. The SMILES string of the molecule is CC(C(=O)OC(C)(C)C)n1cnn2cc(-c3nc(N[C@@H]4CCOC[C@H]4C)ncc3Cl)cc2c1=O. The zero-order chi connectivity index (χ0) is 24.6. The third kappa shape index (κ3) is 5.07. The number of fused-ring (bicyclic) bond motifs is 1. The lowest BCUT2D eigenvalue weighted by molar-refractivity contribution is -0.158. The largest absolute Gasteiger partial charge is 0.458 e. The molecule has 0 aromatic carbocycles. The molecular weight excluding hydrogens is 460 g/mol. The second-order valence-corrected chi connectivity index (χ2v) is 10.0. The first-order valence-electron chi connectivity index (χ1n) is 11.2. The molecule has 3 atom stereocenters. The standard InChI is InChI=1S/C23H29ClN6O4/c1-13-11-33-7-6-17(13)27-22-25-9-16(24)19(28-22)15-8-18-20(31)29(12-26-30(18)10-15)14(2)21(32)34-23(3,4)5/h8-10,12-14,17H,6-7,11H2,1-5H3,(H,25,27,28)/t13-,14?,17-/m1/s1. The highest BCUT2D eigenvalue weighted by molar-refractivity contribution is 6.32. The third-order valence-electron chi connectivity index (χ3n) is 5.69. The fraction of sp³-hybridized carbons (Fsp3) is 0.522. The average Bonchev–Trinajstić information content (AvgIpc) is 3.20. The predicted octanol–water partition coefficient (Wildman–Crippen LogP) is 3.35. The van der Waals surface area contributed by atoms with Crippen molar-refractivity contribution in [1.82, 2.24) is 24.1 Å². The molecule has 1 fully saturated rings. The van der Waals surface area contributed by atoms with Gasteiger partial charge in [0.05, 0.1) is 23.5 Å². The number of nitrogens with zero attached hydrogens (tertiary/aromatic N) is 5. The Bertz CT molecular complexity index is 1260. The lowest BCUT2D eigenvalue weighted by atomic mass is 9.98. The molecule has 10 nitrogen and oxygen atoms in total. The van der Waals surface area contributed by atoms with Crippen molar-refractivity contribution in [3.05, 3.63) is 40.2 Å². The average molecular weight is 489 g/mol. The van der Waals surface area contributed by atoms with Gasteiger partial charge in [-0.05, 0) is 46.1 Å². The van der Waals surface area contributed by atoms with Crippen molar-refractivity contribution in [3.8, 4) is 11.3 Å². The number of carbonyl (C=O) groups excluding carboxylic acids is 1. The summed E-state index contributed by atoms with van der Waals surface area (Å²) in [5.74, 6) is 0.268. The number of hydrogen-bond donors (Lipinski definition) is 1. The molecule has 34 heavy (non-hydrogen) atoms. The molecule has 0 amide bonds. The molecule has 0 spiro atoms. The highest BCUT2D eigenvalue weighted by Crippen LogP contribution is 2.28. The van der Waals surface area contributed by atoms with E-state index in [2.05, 4.69) is 27.3 Å². The summed E-state index contributed by atoms with van der Waals surface area (Å²) in [5.41, 5.74) is 0.347. The first-order valence-corrected chi connectivity index (χ1v) is 11.6. The summed E-state index contributed by atoms with van der Waals surface area (Å²) in [5, 5.41) is 8.02. The fourth-order valence-corrected chi connectivity index (χ4v) is 4.01. The summed E-state index contributed by atoms with van der Waals surface area (Å²) in [6.07, 6.45) is 5.40. The molecule has 1 aliphatic rings. The van der Waals surface area contributed by atoms with Gasteiger partial charge in [-0.15, -0.1) is 0 Å². The van der Waals surface area contributed by atoms with E-state index in [9.17, 15) is 9.59 Å². The van der Waals surface area contributed by atoms with Crippen LogP contribution in [-0.2, 0) is 14.3 Å². The van der Waals surface area contributed by atoms with Crippen molar-refractivity contribution >= 4 is 29.0 Å². The van der Waals surface area contributed by atoms with Crippen LogP contribution in [0, 0.1) is 5.92 Å². The molecular formula is C23H29ClN6O4. The minimum atomic E-state index is -0.831. The second kappa shape index (κ2) is 9.34. The van der Waals surface area contributed by atoms with Crippen molar-refractivity contribution in [1.29, 1.82) is 0 Å². The van der Waals surface area contributed by atoms with Crippen LogP contribution in [0.5, 0.6) is 0 Å². The van der Waals surface area contributed by atoms with Gasteiger partial charge in [-0.25, -0.2) is 19.3 Å². The van der Waals surface area contributed by atoms with Gasteiger partial charge in [0.1, 0.15) is 23.5 Å². The third-order valence-corrected chi connectivity index (χ3v) is 5.97. The maximum atomic E-state index is 13.1. The molecule has 0 radical (unpaired) electrons. The van der Waals surface area contributed by atoms with E-state index < -0.39 is 17.6 Å². The number of hydrogen-bond acceptors (Lipinski definition) is 8. The molecule has 0 bridgehead atoms.